The van der Waals surface area contributed by atoms with Crippen LogP contribution in [0.5, 0.6) is 5.75 Å². The average molecular weight is 399 g/mol. The van der Waals surface area contributed by atoms with Gasteiger partial charge in [0.1, 0.15) is 12.4 Å². The number of benzene rings is 3. The standard InChI is InChI=1S/C25H21NO4/c1-16-8-13-21(17(2)14-16)22-23(27)25(29)26(24(22)28)19-9-11-20(12-10-19)30-15-18-6-4-3-5-7-18/h3-14,27H,15H2,1-2H3. The fourth-order valence-electron chi connectivity index (χ4n) is 3.52. The van der Waals surface area contributed by atoms with Gasteiger partial charge in [0.25, 0.3) is 5.91 Å². The van der Waals surface area contributed by atoms with E-state index in [0.29, 0.717) is 23.6 Å². The van der Waals surface area contributed by atoms with Crippen LogP contribution in [0.3, 0.4) is 0 Å². The van der Waals surface area contributed by atoms with E-state index in [9.17, 15) is 14.7 Å². The Morgan fingerprint density at radius 2 is 1.57 bits per heavy atom. The molecule has 0 radical (unpaired) electrons. The number of amides is 2. The first kappa shape index (κ1) is 19.5. The second-order valence-corrected chi connectivity index (χ2v) is 7.26. The molecule has 3 aromatic carbocycles. The molecule has 0 spiro atoms. The SMILES string of the molecule is Cc1ccc(C2=C(O)C(=O)N(c3ccc(OCc4ccccc4)cc3)C2=O)c(C)c1. The van der Waals surface area contributed by atoms with E-state index in [1.165, 1.54) is 0 Å². The van der Waals surface area contributed by atoms with E-state index >= 15 is 0 Å². The molecule has 1 heterocycles. The van der Waals surface area contributed by atoms with Gasteiger partial charge in [0.05, 0.1) is 11.3 Å². The number of hydrogen-bond acceptors (Lipinski definition) is 4. The van der Waals surface area contributed by atoms with Crippen molar-refractivity contribution in [3.63, 3.8) is 0 Å². The summed E-state index contributed by atoms with van der Waals surface area (Å²) in [6.45, 7) is 4.21. The molecule has 1 aliphatic rings. The van der Waals surface area contributed by atoms with E-state index in [1.807, 2.05) is 56.3 Å². The molecule has 0 saturated heterocycles. The summed E-state index contributed by atoms with van der Waals surface area (Å²) in [7, 11) is 0. The molecule has 1 aliphatic heterocycles. The predicted octanol–water partition coefficient (Wildman–Crippen LogP) is 4.72. The minimum absolute atomic E-state index is 0.0295. The van der Waals surface area contributed by atoms with Crippen molar-refractivity contribution in [2.45, 2.75) is 20.5 Å². The Morgan fingerprint density at radius 3 is 2.23 bits per heavy atom. The van der Waals surface area contributed by atoms with Gasteiger partial charge in [0.15, 0.2) is 5.76 Å². The van der Waals surface area contributed by atoms with Crippen LogP contribution in [-0.2, 0) is 16.2 Å². The lowest BCUT2D eigenvalue weighted by Gasteiger charge is -2.16. The molecule has 0 bridgehead atoms. The monoisotopic (exact) mass is 399 g/mol. The number of aliphatic hydroxyl groups excluding tert-OH is 1. The molecule has 0 atom stereocenters. The van der Waals surface area contributed by atoms with Gasteiger partial charge < -0.3 is 9.84 Å². The molecule has 0 aliphatic carbocycles. The van der Waals surface area contributed by atoms with Crippen molar-refractivity contribution in [1.29, 1.82) is 0 Å². The number of carbonyl (C=O) groups is 2. The number of nitrogens with zero attached hydrogens (tertiary/aromatic N) is 1. The predicted molar refractivity (Wildman–Crippen MR) is 115 cm³/mol. The summed E-state index contributed by atoms with van der Waals surface area (Å²) >= 11 is 0. The van der Waals surface area contributed by atoms with Crippen molar-refractivity contribution < 1.29 is 19.4 Å². The van der Waals surface area contributed by atoms with Crippen LogP contribution < -0.4 is 9.64 Å². The Kier molecular flexibility index (Phi) is 5.11. The van der Waals surface area contributed by atoms with E-state index in [1.54, 1.807) is 30.3 Å². The summed E-state index contributed by atoms with van der Waals surface area (Å²) in [6.07, 6.45) is 0. The molecule has 2 amide bonds. The minimum Gasteiger partial charge on any atom is -0.502 e. The third kappa shape index (κ3) is 3.57. The molecule has 0 aromatic heterocycles. The van der Waals surface area contributed by atoms with Crippen molar-refractivity contribution >= 4 is 23.1 Å². The number of imide groups is 1. The third-order valence-corrected chi connectivity index (χ3v) is 5.05. The lowest BCUT2D eigenvalue weighted by atomic mass is 9.98. The molecule has 0 saturated carbocycles. The lowest BCUT2D eigenvalue weighted by Crippen LogP contribution is -2.31. The van der Waals surface area contributed by atoms with Gasteiger partial charge in [-0.3, -0.25) is 9.59 Å². The van der Waals surface area contributed by atoms with E-state index in [4.69, 9.17) is 4.74 Å². The first-order chi connectivity index (χ1) is 14.5. The minimum atomic E-state index is -0.729. The number of rotatable bonds is 5. The maximum absolute atomic E-state index is 13.0. The van der Waals surface area contributed by atoms with Gasteiger partial charge in [0.2, 0.25) is 0 Å². The van der Waals surface area contributed by atoms with Crippen LogP contribution in [0.1, 0.15) is 22.3 Å². The number of hydrogen-bond donors (Lipinski definition) is 1. The quantitative estimate of drug-likeness (QED) is 0.630. The van der Waals surface area contributed by atoms with Gasteiger partial charge in [-0.15, -0.1) is 0 Å². The van der Waals surface area contributed by atoms with Crippen LogP contribution in [0.2, 0.25) is 0 Å². The average Bonchev–Trinajstić information content (AvgIpc) is 2.97. The summed E-state index contributed by atoms with van der Waals surface area (Å²) in [5.74, 6) is -1.18. The summed E-state index contributed by atoms with van der Waals surface area (Å²) in [6, 6.07) is 22.0. The maximum atomic E-state index is 13.0. The van der Waals surface area contributed by atoms with Crippen LogP contribution >= 0.6 is 0 Å². The second kappa shape index (κ2) is 7.87. The first-order valence-electron chi connectivity index (χ1n) is 9.62. The zero-order chi connectivity index (χ0) is 21.3. The van der Waals surface area contributed by atoms with Gasteiger partial charge in [-0.25, -0.2) is 4.90 Å². The number of aliphatic hydroxyl groups is 1. The first-order valence-corrected chi connectivity index (χ1v) is 9.62. The van der Waals surface area contributed by atoms with Crippen molar-refractivity contribution in [3.05, 3.63) is 101 Å². The highest BCUT2D eigenvalue weighted by Gasteiger charge is 2.40. The molecule has 0 unspecified atom stereocenters. The molecule has 150 valence electrons. The highest BCUT2D eigenvalue weighted by Crippen LogP contribution is 2.34. The van der Waals surface area contributed by atoms with Crippen LogP contribution in [0, 0.1) is 13.8 Å². The molecule has 5 nitrogen and oxygen atoms in total. The van der Waals surface area contributed by atoms with Crippen molar-refractivity contribution in [1.82, 2.24) is 0 Å². The highest BCUT2D eigenvalue weighted by atomic mass is 16.5. The Labute approximate surface area is 174 Å². The maximum Gasteiger partial charge on any atom is 0.301 e. The summed E-state index contributed by atoms with van der Waals surface area (Å²) in [5.41, 5.74) is 3.87. The van der Waals surface area contributed by atoms with Gasteiger partial charge in [-0.1, -0.05) is 54.1 Å². The largest absolute Gasteiger partial charge is 0.502 e. The highest BCUT2D eigenvalue weighted by molar-refractivity contribution is 6.45. The molecule has 5 heteroatoms. The third-order valence-electron chi connectivity index (χ3n) is 5.05. The Morgan fingerprint density at radius 1 is 0.867 bits per heavy atom. The Balaban J connectivity index is 1.55. The van der Waals surface area contributed by atoms with E-state index in [-0.39, 0.29) is 5.57 Å². The number of anilines is 1. The molecular formula is C25H21NO4. The van der Waals surface area contributed by atoms with Crippen LogP contribution in [0.4, 0.5) is 5.69 Å². The van der Waals surface area contributed by atoms with Crippen LogP contribution in [0.15, 0.2) is 78.6 Å². The summed E-state index contributed by atoms with van der Waals surface area (Å²) < 4.78 is 5.75. The molecular weight excluding hydrogens is 378 g/mol. The fraction of sp³-hybridized carbons (Fsp3) is 0.120. The van der Waals surface area contributed by atoms with E-state index < -0.39 is 17.6 Å². The Bertz CT molecular complexity index is 1150. The number of carbonyl (C=O) groups excluding carboxylic acids is 2. The summed E-state index contributed by atoms with van der Waals surface area (Å²) in [5, 5.41) is 10.4. The van der Waals surface area contributed by atoms with Crippen LogP contribution in [0.25, 0.3) is 5.57 Å². The van der Waals surface area contributed by atoms with E-state index in [0.717, 1.165) is 21.6 Å². The molecule has 30 heavy (non-hydrogen) atoms. The van der Waals surface area contributed by atoms with Gasteiger partial charge in [0, 0.05) is 0 Å². The molecule has 3 aromatic rings. The van der Waals surface area contributed by atoms with Gasteiger partial charge in [-0.05, 0) is 54.8 Å². The van der Waals surface area contributed by atoms with Crippen molar-refractivity contribution in [3.8, 4) is 5.75 Å². The molecule has 1 N–H and O–H groups in total. The van der Waals surface area contributed by atoms with Gasteiger partial charge >= 0.3 is 5.91 Å². The zero-order valence-electron chi connectivity index (χ0n) is 16.8. The lowest BCUT2D eigenvalue weighted by molar-refractivity contribution is -0.121. The summed E-state index contributed by atoms with van der Waals surface area (Å²) in [4.78, 5) is 26.6. The Hall–Kier alpha value is -3.86. The van der Waals surface area contributed by atoms with E-state index in [2.05, 4.69) is 0 Å². The molecule has 0 fully saturated rings. The number of ether oxygens (including phenoxy) is 1. The van der Waals surface area contributed by atoms with Crippen molar-refractivity contribution in [2.75, 3.05) is 4.90 Å². The smallest absolute Gasteiger partial charge is 0.301 e. The number of aryl methyl sites for hydroxylation is 2. The zero-order valence-corrected chi connectivity index (χ0v) is 16.8. The fourth-order valence-corrected chi connectivity index (χ4v) is 3.52. The van der Waals surface area contributed by atoms with Gasteiger partial charge in [-0.2, -0.15) is 0 Å². The normalized spacial score (nSPS) is 13.9. The van der Waals surface area contributed by atoms with Crippen molar-refractivity contribution in [2.24, 2.45) is 0 Å². The second-order valence-electron chi connectivity index (χ2n) is 7.26. The van der Waals surface area contributed by atoms with Crippen LogP contribution in [-0.4, -0.2) is 16.9 Å². The molecule has 4 rings (SSSR count). The topological polar surface area (TPSA) is 66.8 Å².